The van der Waals surface area contributed by atoms with Gasteiger partial charge in [0, 0.05) is 19.3 Å². The maximum atomic E-state index is 12.9. The van der Waals surface area contributed by atoms with Crippen molar-refractivity contribution in [2.75, 3.05) is 13.2 Å². The Morgan fingerprint density at radius 3 is 0.775 bits per heavy atom. The highest BCUT2D eigenvalue weighted by atomic mass is 16.6. The summed E-state index contributed by atoms with van der Waals surface area (Å²) < 4.78 is 16.9. The van der Waals surface area contributed by atoms with E-state index < -0.39 is 6.10 Å². The third kappa shape index (κ3) is 64.9. The van der Waals surface area contributed by atoms with Gasteiger partial charge in [0.2, 0.25) is 0 Å². The molecule has 0 N–H and O–H groups in total. The first kappa shape index (κ1) is 76.1. The van der Waals surface area contributed by atoms with Crippen molar-refractivity contribution in [2.45, 2.75) is 329 Å². The molecule has 0 rings (SSSR count). The summed E-state index contributed by atoms with van der Waals surface area (Å²) in [7, 11) is 0. The van der Waals surface area contributed by atoms with Gasteiger partial charge >= 0.3 is 17.9 Å². The Hall–Kier alpha value is -3.93. The van der Waals surface area contributed by atoms with Crippen LogP contribution in [-0.4, -0.2) is 37.2 Å². The molecule has 0 fully saturated rings. The Balaban J connectivity index is 4.22. The zero-order valence-electron chi connectivity index (χ0n) is 52.6. The number of carbonyl (C=O) groups is 3. The fourth-order valence-corrected chi connectivity index (χ4v) is 9.45. The van der Waals surface area contributed by atoms with Crippen molar-refractivity contribution >= 4 is 17.9 Å². The first-order chi connectivity index (χ1) is 39.5. The largest absolute Gasteiger partial charge is 0.462 e. The summed E-state index contributed by atoms with van der Waals surface area (Å²) in [6, 6.07) is 0. The van der Waals surface area contributed by atoms with Crippen LogP contribution in [-0.2, 0) is 28.6 Å². The van der Waals surface area contributed by atoms with Gasteiger partial charge in [0.1, 0.15) is 13.2 Å². The lowest BCUT2D eigenvalue weighted by Crippen LogP contribution is -2.30. The number of carbonyl (C=O) groups excluding carboxylic acids is 3. The van der Waals surface area contributed by atoms with E-state index in [2.05, 4.69) is 130 Å². The Morgan fingerprint density at radius 2 is 0.487 bits per heavy atom. The average molecular weight is 1110 g/mol. The van der Waals surface area contributed by atoms with Crippen molar-refractivity contribution in [1.29, 1.82) is 0 Å². The Labute approximate surface area is 495 Å². The maximum Gasteiger partial charge on any atom is 0.306 e. The molecule has 0 aromatic rings. The van der Waals surface area contributed by atoms with Gasteiger partial charge in [0.25, 0.3) is 0 Å². The normalized spacial score (nSPS) is 12.8. The predicted octanol–water partition coefficient (Wildman–Crippen LogP) is 23.4. The molecule has 1 atom stereocenters. The topological polar surface area (TPSA) is 78.9 Å². The summed E-state index contributed by atoms with van der Waals surface area (Å²) in [5, 5.41) is 0. The van der Waals surface area contributed by atoms with Gasteiger partial charge in [-0.15, -0.1) is 0 Å². The zero-order chi connectivity index (χ0) is 57.8. The first-order valence-electron chi connectivity index (χ1n) is 33.9. The third-order valence-corrected chi connectivity index (χ3v) is 14.5. The molecule has 0 saturated carbocycles. The summed E-state index contributed by atoms with van der Waals surface area (Å²) in [4.78, 5) is 38.3. The van der Waals surface area contributed by atoms with E-state index in [1.165, 1.54) is 167 Å². The SMILES string of the molecule is CC/C=C\C/C=C\C/C=C\C/C=C\C/C=C\C/C=C\C/C=C\C/C=C\CCCCCCCCCCC(=O)OCC(COC(=O)CCCCCCCCCCCC)OC(=O)CCCCCCCCCCC/C=C\CCCCCCCC. The van der Waals surface area contributed by atoms with Crippen LogP contribution in [0.2, 0.25) is 0 Å². The molecular formula is C74H126O6. The van der Waals surface area contributed by atoms with E-state index in [1.54, 1.807) is 0 Å². The minimum Gasteiger partial charge on any atom is -0.462 e. The molecule has 0 aromatic heterocycles. The lowest BCUT2D eigenvalue weighted by molar-refractivity contribution is -0.167. The molecule has 0 heterocycles. The summed E-state index contributed by atoms with van der Waals surface area (Å²) in [5.41, 5.74) is 0. The molecule has 458 valence electrons. The van der Waals surface area contributed by atoms with E-state index in [1.807, 2.05) is 0 Å². The molecule has 0 aliphatic rings. The van der Waals surface area contributed by atoms with E-state index in [9.17, 15) is 14.4 Å². The number of hydrogen-bond donors (Lipinski definition) is 0. The highest BCUT2D eigenvalue weighted by Crippen LogP contribution is 2.16. The fourth-order valence-electron chi connectivity index (χ4n) is 9.45. The predicted molar refractivity (Wildman–Crippen MR) is 348 cm³/mol. The minimum absolute atomic E-state index is 0.0783. The first-order valence-corrected chi connectivity index (χ1v) is 33.9. The van der Waals surface area contributed by atoms with Crippen molar-refractivity contribution in [3.8, 4) is 0 Å². The molecule has 0 aliphatic heterocycles. The summed E-state index contributed by atoms with van der Waals surface area (Å²) >= 11 is 0. The van der Waals surface area contributed by atoms with Crippen LogP contribution in [0, 0.1) is 0 Å². The van der Waals surface area contributed by atoms with E-state index >= 15 is 0 Å². The van der Waals surface area contributed by atoms with E-state index in [0.717, 1.165) is 116 Å². The highest BCUT2D eigenvalue weighted by Gasteiger charge is 2.19. The molecule has 0 aliphatic carbocycles. The Morgan fingerprint density at radius 1 is 0.263 bits per heavy atom. The van der Waals surface area contributed by atoms with Gasteiger partial charge in [-0.2, -0.15) is 0 Å². The molecule has 6 heteroatoms. The number of hydrogen-bond acceptors (Lipinski definition) is 6. The number of unbranched alkanes of at least 4 members (excludes halogenated alkanes) is 32. The van der Waals surface area contributed by atoms with Gasteiger partial charge in [-0.25, -0.2) is 0 Å². The molecular weight excluding hydrogens is 985 g/mol. The van der Waals surface area contributed by atoms with Crippen LogP contribution in [0.4, 0.5) is 0 Å². The van der Waals surface area contributed by atoms with Crippen LogP contribution >= 0.6 is 0 Å². The fraction of sp³-hybridized carbons (Fsp3) is 0.716. The summed E-state index contributed by atoms with van der Waals surface area (Å²) in [6.45, 7) is 6.53. The number of allylic oxidation sites excluding steroid dienone is 18. The summed E-state index contributed by atoms with van der Waals surface area (Å²) in [5.74, 6) is -0.880. The van der Waals surface area contributed by atoms with Crippen molar-refractivity contribution in [2.24, 2.45) is 0 Å². The highest BCUT2D eigenvalue weighted by molar-refractivity contribution is 5.71. The number of esters is 3. The van der Waals surface area contributed by atoms with Crippen molar-refractivity contribution in [3.05, 3.63) is 109 Å². The van der Waals surface area contributed by atoms with Crippen LogP contribution in [0.25, 0.3) is 0 Å². The molecule has 0 radical (unpaired) electrons. The van der Waals surface area contributed by atoms with Crippen molar-refractivity contribution < 1.29 is 28.6 Å². The van der Waals surface area contributed by atoms with Crippen molar-refractivity contribution in [3.63, 3.8) is 0 Å². The Kier molecular flexibility index (Phi) is 64.3. The maximum absolute atomic E-state index is 12.9. The molecule has 0 saturated heterocycles. The lowest BCUT2D eigenvalue weighted by Gasteiger charge is -2.18. The Bertz CT molecular complexity index is 1610. The van der Waals surface area contributed by atoms with Gasteiger partial charge in [-0.05, 0) is 109 Å². The molecule has 0 bridgehead atoms. The molecule has 0 aromatic carbocycles. The van der Waals surface area contributed by atoms with Crippen LogP contribution in [0.5, 0.6) is 0 Å². The van der Waals surface area contributed by atoms with Gasteiger partial charge in [-0.3, -0.25) is 14.4 Å². The van der Waals surface area contributed by atoms with Crippen LogP contribution in [0.1, 0.15) is 323 Å². The quantitative estimate of drug-likeness (QED) is 0.0261. The van der Waals surface area contributed by atoms with Gasteiger partial charge < -0.3 is 14.2 Å². The molecule has 1 unspecified atom stereocenters. The molecule has 80 heavy (non-hydrogen) atoms. The smallest absolute Gasteiger partial charge is 0.306 e. The van der Waals surface area contributed by atoms with E-state index in [0.29, 0.717) is 19.3 Å². The second kappa shape index (κ2) is 67.6. The van der Waals surface area contributed by atoms with Crippen LogP contribution in [0.3, 0.4) is 0 Å². The molecule has 0 spiro atoms. The van der Waals surface area contributed by atoms with Gasteiger partial charge in [0.15, 0.2) is 6.10 Å². The third-order valence-electron chi connectivity index (χ3n) is 14.5. The van der Waals surface area contributed by atoms with E-state index in [4.69, 9.17) is 14.2 Å². The molecule has 0 amide bonds. The second-order valence-corrected chi connectivity index (χ2v) is 22.4. The zero-order valence-corrected chi connectivity index (χ0v) is 52.6. The summed E-state index contributed by atoms with van der Waals surface area (Å²) in [6.07, 6.45) is 92.5. The van der Waals surface area contributed by atoms with Crippen LogP contribution in [0.15, 0.2) is 109 Å². The van der Waals surface area contributed by atoms with Gasteiger partial charge in [0.05, 0.1) is 0 Å². The lowest BCUT2D eigenvalue weighted by atomic mass is 10.1. The minimum atomic E-state index is -0.782. The molecule has 6 nitrogen and oxygen atoms in total. The van der Waals surface area contributed by atoms with Gasteiger partial charge in [-0.1, -0.05) is 304 Å². The van der Waals surface area contributed by atoms with Crippen LogP contribution < -0.4 is 0 Å². The second-order valence-electron chi connectivity index (χ2n) is 22.4. The number of ether oxygens (including phenoxy) is 3. The number of rotatable bonds is 61. The average Bonchev–Trinajstić information content (AvgIpc) is 3.46. The van der Waals surface area contributed by atoms with E-state index in [-0.39, 0.29) is 31.1 Å². The van der Waals surface area contributed by atoms with Crippen molar-refractivity contribution in [1.82, 2.24) is 0 Å². The standard InChI is InChI=1S/C74H126O6/c1-4-7-10-13-16-19-22-24-26-28-30-31-32-33-34-35-36-37-38-39-40-41-42-43-45-46-48-50-52-55-58-61-64-67-73(76)79-70-71(69-78-72(75)66-63-60-57-54-21-18-15-12-9-6-3)80-74(77)68-65-62-59-56-53-51-49-47-44-29-27-25-23-20-17-14-11-8-5-2/h7,10,16,19,24-27,30-31,33-34,36-37,39-40,42-43,71H,4-6,8-9,11-15,17-18,20-23,28-29,32,35,38,41,44-70H2,1-3H3/b10-7-,19-16-,26-24-,27-25-,31-30-,34-33-,37-36-,40-39-,43-42-. The monoisotopic (exact) mass is 1110 g/mol.